The molecule has 8 heteroatoms. The molecular formula is C20H21N3O4S. The van der Waals surface area contributed by atoms with Crippen LogP contribution >= 0.6 is 11.8 Å². The summed E-state index contributed by atoms with van der Waals surface area (Å²) >= 11 is 1.43. The minimum atomic E-state index is -0.527. The van der Waals surface area contributed by atoms with Crippen molar-refractivity contribution in [3.05, 3.63) is 69.8 Å². The molecule has 0 aliphatic carbocycles. The van der Waals surface area contributed by atoms with E-state index in [1.54, 1.807) is 34.1 Å². The lowest BCUT2D eigenvalue weighted by molar-refractivity contribution is -0.385. The van der Waals surface area contributed by atoms with Crippen LogP contribution in [0.3, 0.4) is 0 Å². The number of carbonyl (C=O) groups is 2. The molecule has 2 aromatic carbocycles. The average Bonchev–Trinajstić information content (AvgIpc) is 2.99. The molecule has 1 saturated heterocycles. The van der Waals surface area contributed by atoms with Gasteiger partial charge in [0, 0.05) is 42.7 Å². The summed E-state index contributed by atoms with van der Waals surface area (Å²) in [6.45, 7) is 1.75. The second kappa shape index (κ2) is 8.88. The predicted molar refractivity (Wildman–Crippen MR) is 108 cm³/mol. The van der Waals surface area contributed by atoms with E-state index in [4.69, 9.17) is 0 Å². The first-order chi connectivity index (χ1) is 13.5. The number of nitro groups is 1. The van der Waals surface area contributed by atoms with Crippen LogP contribution in [0.1, 0.15) is 27.1 Å². The third-order valence-corrected chi connectivity index (χ3v) is 5.45. The van der Waals surface area contributed by atoms with Crippen molar-refractivity contribution < 1.29 is 14.5 Å². The zero-order chi connectivity index (χ0) is 20.1. The third-order valence-electron chi connectivity index (χ3n) is 4.72. The van der Waals surface area contributed by atoms with E-state index in [2.05, 4.69) is 0 Å². The monoisotopic (exact) mass is 399 g/mol. The molecule has 28 heavy (non-hydrogen) atoms. The minimum Gasteiger partial charge on any atom is -0.337 e. The first kappa shape index (κ1) is 19.9. The maximum atomic E-state index is 13.0. The van der Waals surface area contributed by atoms with Crippen molar-refractivity contribution in [3.63, 3.8) is 0 Å². The molecule has 0 saturated carbocycles. The lowest BCUT2D eigenvalue weighted by atomic mass is 10.1. The summed E-state index contributed by atoms with van der Waals surface area (Å²) in [6.07, 6.45) is 2.48. The van der Waals surface area contributed by atoms with Crippen molar-refractivity contribution in [2.24, 2.45) is 0 Å². The zero-order valence-corrected chi connectivity index (χ0v) is 16.4. The highest BCUT2D eigenvalue weighted by Crippen LogP contribution is 2.26. The Balaban J connectivity index is 1.76. The number of thioether (sulfide) groups is 1. The Morgan fingerprint density at radius 1 is 0.964 bits per heavy atom. The van der Waals surface area contributed by atoms with Gasteiger partial charge in [-0.05, 0) is 36.9 Å². The van der Waals surface area contributed by atoms with Crippen molar-refractivity contribution in [2.45, 2.75) is 11.3 Å². The van der Waals surface area contributed by atoms with Gasteiger partial charge in [0.15, 0.2) is 0 Å². The van der Waals surface area contributed by atoms with E-state index >= 15 is 0 Å². The molecule has 0 bridgehead atoms. The van der Waals surface area contributed by atoms with Gasteiger partial charge in [-0.3, -0.25) is 19.7 Å². The topological polar surface area (TPSA) is 83.8 Å². The van der Waals surface area contributed by atoms with Gasteiger partial charge in [-0.2, -0.15) is 0 Å². The molecule has 1 heterocycles. The van der Waals surface area contributed by atoms with E-state index in [1.165, 1.54) is 17.8 Å². The summed E-state index contributed by atoms with van der Waals surface area (Å²) in [7, 11) is 0. The number of rotatable bonds is 4. The average molecular weight is 399 g/mol. The van der Waals surface area contributed by atoms with Gasteiger partial charge in [0.05, 0.1) is 4.92 Å². The van der Waals surface area contributed by atoms with E-state index < -0.39 is 4.92 Å². The second-order valence-corrected chi connectivity index (χ2v) is 7.32. The number of carbonyl (C=O) groups excluding carboxylic acids is 2. The smallest absolute Gasteiger partial charge is 0.282 e. The van der Waals surface area contributed by atoms with Gasteiger partial charge >= 0.3 is 0 Å². The molecule has 146 valence electrons. The molecule has 2 aromatic rings. The summed E-state index contributed by atoms with van der Waals surface area (Å²) in [5, 5.41) is 11.3. The van der Waals surface area contributed by atoms with Gasteiger partial charge in [-0.1, -0.05) is 18.2 Å². The van der Waals surface area contributed by atoms with Crippen LogP contribution in [-0.4, -0.2) is 59.0 Å². The van der Waals surface area contributed by atoms with Gasteiger partial charge in [-0.15, -0.1) is 11.8 Å². The normalized spacial score (nSPS) is 14.5. The molecule has 0 N–H and O–H groups in total. The first-order valence-electron chi connectivity index (χ1n) is 8.97. The largest absolute Gasteiger partial charge is 0.337 e. The van der Waals surface area contributed by atoms with E-state index in [1.807, 2.05) is 24.5 Å². The SMILES string of the molecule is CSc1ccc([N+](=O)[O-])c(C(=O)N2CCCN(C(=O)c3ccccc3)CC2)c1. The predicted octanol–water partition coefficient (Wildman–Crippen LogP) is 3.31. The fraction of sp³-hybridized carbons (Fsp3) is 0.300. The highest BCUT2D eigenvalue weighted by molar-refractivity contribution is 7.98. The highest BCUT2D eigenvalue weighted by Gasteiger charge is 2.28. The maximum absolute atomic E-state index is 13.0. The van der Waals surface area contributed by atoms with Gasteiger partial charge in [0.25, 0.3) is 17.5 Å². The van der Waals surface area contributed by atoms with Crippen LogP contribution in [0.15, 0.2) is 53.4 Å². The molecule has 1 aliphatic rings. The third kappa shape index (κ3) is 4.33. The van der Waals surface area contributed by atoms with Crippen molar-refractivity contribution >= 4 is 29.3 Å². The number of nitro benzene ring substituents is 1. The maximum Gasteiger partial charge on any atom is 0.282 e. The Labute approximate surface area is 167 Å². The van der Waals surface area contributed by atoms with Gasteiger partial charge in [0.1, 0.15) is 5.56 Å². The fourth-order valence-electron chi connectivity index (χ4n) is 3.23. The molecule has 2 amide bonds. The summed E-state index contributed by atoms with van der Waals surface area (Å²) in [6, 6.07) is 13.6. The van der Waals surface area contributed by atoms with Gasteiger partial charge in [0.2, 0.25) is 0 Å². The van der Waals surface area contributed by atoms with Crippen molar-refractivity contribution in [3.8, 4) is 0 Å². The number of hydrogen-bond donors (Lipinski definition) is 0. The molecule has 0 radical (unpaired) electrons. The van der Waals surface area contributed by atoms with Gasteiger partial charge < -0.3 is 9.80 Å². The van der Waals surface area contributed by atoms with Crippen LogP contribution in [0, 0.1) is 10.1 Å². The molecular weight excluding hydrogens is 378 g/mol. The summed E-state index contributed by atoms with van der Waals surface area (Å²) in [5.74, 6) is -0.429. The standard InChI is InChI=1S/C20H21N3O4S/c1-28-16-8-9-18(23(26)27)17(14-16)20(25)22-11-5-10-21(12-13-22)19(24)15-6-3-2-4-7-15/h2-4,6-9,14H,5,10-13H2,1H3. The molecule has 3 rings (SSSR count). The summed E-state index contributed by atoms with van der Waals surface area (Å²) < 4.78 is 0. The molecule has 1 fully saturated rings. The van der Waals surface area contributed by atoms with Crippen molar-refractivity contribution in [2.75, 3.05) is 32.4 Å². The minimum absolute atomic E-state index is 0.0646. The molecule has 0 spiro atoms. The number of amides is 2. The van der Waals surface area contributed by atoms with Crippen LogP contribution in [0.25, 0.3) is 0 Å². The molecule has 0 unspecified atom stereocenters. The highest BCUT2D eigenvalue weighted by atomic mass is 32.2. The summed E-state index contributed by atoms with van der Waals surface area (Å²) in [4.78, 5) is 40.6. The van der Waals surface area contributed by atoms with Crippen LogP contribution < -0.4 is 0 Å². The summed E-state index contributed by atoms with van der Waals surface area (Å²) in [5.41, 5.74) is 0.523. The lowest BCUT2D eigenvalue weighted by Gasteiger charge is -2.22. The Morgan fingerprint density at radius 3 is 2.21 bits per heavy atom. The Hall–Kier alpha value is -2.87. The Bertz CT molecular complexity index is 888. The van der Waals surface area contributed by atoms with E-state index in [0.29, 0.717) is 38.2 Å². The Kier molecular flexibility index (Phi) is 6.30. The fourth-order valence-corrected chi connectivity index (χ4v) is 3.67. The van der Waals surface area contributed by atoms with E-state index in [-0.39, 0.29) is 23.1 Å². The van der Waals surface area contributed by atoms with Crippen molar-refractivity contribution in [1.82, 2.24) is 9.80 Å². The molecule has 0 aromatic heterocycles. The molecule has 7 nitrogen and oxygen atoms in total. The quantitative estimate of drug-likeness (QED) is 0.447. The molecule has 1 aliphatic heterocycles. The number of hydrogen-bond acceptors (Lipinski definition) is 5. The van der Waals surface area contributed by atoms with Crippen LogP contribution in [0.4, 0.5) is 5.69 Å². The van der Waals surface area contributed by atoms with Crippen LogP contribution in [0.5, 0.6) is 0 Å². The van der Waals surface area contributed by atoms with E-state index in [0.717, 1.165) is 4.90 Å². The molecule has 0 atom stereocenters. The van der Waals surface area contributed by atoms with Crippen LogP contribution in [-0.2, 0) is 0 Å². The van der Waals surface area contributed by atoms with Gasteiger partial charge in [-0.25, -0.2) is 0 Å². The zero-order valence-electron chi connectivity index (χ0n) is 15.5. The van der Waals surface area contributed by atoms with Crippen LogP contribution in [0.2, 0.25) is 0 Å². The van der Waals surface area contributed by atoms with Crippen molar-refractivity contribution in [1.29, 1.82) is 0 Å². The lowest BCUT2D eigenvalue weighted by Crippen LogP contribution is -2.37. The van der Waals surface area contributed by atoms with E-state index in [9.17, 15) is 19.7 Å². The number of benzene rings is 2. The first-order valence-corrected chi connectivity index (χ1v) is 10.2. The number of nitrogens with zero attached hydrogens (tertiary/aromatic N) is 3. The Morgan fingerprint density at radius 2 is 1.61 bits per heavy atom. The second-order valence-electron chi connectivity index (χ2n) is 6.44.